The molecule has 1 unspecified atom stereocenters. The minimum atomic E-state index is -0.356. The highest BCUT2D eigenvalue weighted by Gasteiger charge is 2.24. The Balaban J connectivity index is 1.88. The number of likely N-dealkylation sites (N-methyl/N-ethyl adjacent to an activating group) is 1. The molecule has 0 fully saturated rings. The van der Waals surface area contributed by atoms with Gasteiger partial charge in [0.25, 0.3) is 11.8 Å². The van der Waals surface area contributed by atoms with Crippen LogP contribution in [0.5, 0.6) is 0 Å². The average molecular weight is 419 g/mol. The third-order valence-corrected chi connectivity index (χ3v) is 5.04. The van der Waals surface area contributed by atoms with Crippen molar-refractivity contribution in [2.24, 2.45) is 0 Å². The number of nitrogens with one attached hydrogen (secondary N) is 3. The fourth-order valence-electron chi connectivity index (χ4n) is 2.46. The van der Waals surface area contributed by atoms with Crippen LogP contribution in [0.2, 0.25) is 0 Å². The van der Waals surface area contributed by atoms with Gasteiger partial charge in [0.15, 0.2) is 12.6 Å². The molecule has 2 amide bonds. The first-order valence-electron chi connectivity index (χ1n) is 8.67. The van der Waals surface area contributed by atoms with Crippen LogP contribution < -0.4 is 15.5 Å². The topological polar surface area (TPSA) is 62.6 Å². The summed E-state index contributed by atoms with van der Waals surface area (Å²) in [6.07, 6.45) is 0.962. The van der Waals surface area contributed by atoms with E-state index >= 15 is 0 Å². The van der Waals surface area contributed by atoms with Crippen LogP contribution >= 0.6 is 15.9 Å². The molecule has 2 aromatic carbocycles. The molecule has 0 heterocycles. The maximum atomic E-state index is 12.4. The summed E-state index contributed by atoms with van der Waals surface area (Å²) in [4.78, 5) is 25.5. The number of halogens is 1. The summed E-state index contributed by atoms with van der Waals surface area (Å²) in [6, 6.07) is 14.9. The lowest BCUT2D eigenvalue weighted by Crippen LogP contribution is -3.14. The van der Waals surface area contributed by atoms with E-state index in [1.807, 2.05) is 62.5 Å². The number of benzene rings is 2. The molecule has 5 nitrogen and oxygen atoms in total. The molecule has 0 aliphatic carbocycles. The van der Waals surface area contributed by atoms with Crippen molar-refractivity contribution in [3.8, 4) is 0 Å². The maximum Gasteiger partial charge on any atom is 0.282 e. The monoisotopic (exact) mass is 418 g/mol. The summed E-state index contributed by atoms with van der Waals surface area (Å²) in [5.41, 5.74) is 2.71. The van der Waals surface area contributed by atoms with E-state index in [0.717, 1.165) is 27.2 Å². The van der Waals surface area contributed by atoms with Crippen LogP contribution in [0, 0.1) is 0 Å². The number of amides is 2. The number of hydrogen-bond acceptors (Lipinski definition) is 2. The molecule has 2 aromatic rings. The van der Waals surface area contributed by atoms with E-state index in [1.54, 1.807) is 0 Å². The molecule has 0 spiro atoms. The number of hydrogen-bond donors (Lipinski definition) is 3. The van der Waals surface area contributed by atoms with Gasteiger partial charge in [0.05, 0.1) is 12.7 Å². The lowest BCUT2D eigenvalue weighted by molar-refractivity contribution is -0.885. The SMILES string of the molecule is CCc1ccc(NC(=O)[C@@H](C)[NH+](C)CC(=O)Nc2ccccc2Br)cc1. The first-order valence-corrected chi connectivity index (χ1v) is 9.46. The number of rotatable bonds is 7. The molecule has 0 aliphatic heterocycles. The van der Waals surface area contributed by atoms with Gasteiger partial charge < -0.3 is 15.5 Å². The van der Waals surface area contributed by atoms with Crippen LogP contribution in [0.1, 0.15) is 19.4 Å². The first kappa shape index (κ1) is 20.1. The standard InChI is InChI=1S/C20H24BrN3O2/c1-4-15-9-11-16(12-10-15)22-20(26)14(2)24(3)13-19(25)23-18-8-6-5-7-17(18)21/h5-12,14H,4,13H2,1-3H3,(H,22,26)(H,23,25)/p+1/t14-/m1/s1. The Hall–Kier alpha value is -2.18. The predicted octanol–water partition coefficient (Wildman–Crippen LogP) is 2.49. The number of carbonyl (C=O) groups is 2. The van der Waals surface area contributed by atoms with Crippen molar-refractivity contribution in [1.82, 2.24) is 0 Å². The highest BCUT2D eigenvalue weighted by atomic mass is 79.9. The highest BCUT2D eigenvalue weighted by Crippen LogP contribution is 2.20. The molecule has 3 N–H and O–H groups in total. The number of anilines is 2. The second-order valence-corrected chi connectivity index (χ2v) is 7.17. The second-order valence-electron chi connectivity index (χ2n) is 6.31. The normalized spacial score (nSPS) is 12.9. The molecular weight excluding hydrogens is 394 g/mol. The molecule has 0 saturated carbocycles. The molecule has 0 saturated heterocycles. The molecule has 26 heavy (non-hydrogen) atoms. The van der Waals surface area contributed by atoms with Gasteiger partial charge in [-0.15, -0.1) is 0 Å². The van der Waals surface area contributed by atoms with Gasteiger partial charge in [0.1, 0.15) is 0 Å². The number of quaternary nitrogens is 1. The van der Waals surface area contributed by atoms with Crippen LogP contribution in [0.3, 0.4) is 0 Å². The Morgan fingerprint density at radius 3 is 2.35 bits per heavy atom. The fraction of sp³-hybridized carbons (Fsp3) is 0.300. The first-order chi connectivity index (χ1) is 12.4. The van der Waals surface area contributed by atoms with Gasteiger partial charge in [-0.1, -0.05) is 31.2 Å². The third-order valence-electron chi connectivity index (χ3n) is 4.35. The third kappa shape index (κ3) is 5.68. The molecule has 6 heteroatoms. The van der Waals surface area contributed by atoms with Gasteiger partial charge in [-0.3, -0.25) is 9.59 Å². The minimum absolute atomic E-state index is 0.111. The summed E-state index contributed by atoms with van der Waals surface area (Å²) in [5, 5.41) is 5.77. The van der Waals surface area contributed by atoms with Crippen molar-refractivity contribution in [2.75, 3.05) is 24.2 Å². The lowest BCUT2D eigenvalue weighted by Gasteiger charge is -2.21. The predicted molar refractivity (Wildman–Crippen MR) is 108 cm³/mol. The summed E-state index contributed by atoms with van der Waals surface area (Å²) in [5.74, 6) is -0.248. The van der Waals surface area contributed by atoms with E-state index in [2.05, 4.69) is 33.5 Å². The van der Waals surface area contributed by atoms with Gasteiger partial charge in [0.2, 0.25) is 0 Å². The fourth-order valence-corrected chi connectivity index (χ4v) is 2.85. The number of para-hydroxylation sites is 1. The Kier molecular flexibility index (Phi) is 7.36. The zero-order chi connectivity index (χ0) is 19.1. The zero-order valence-electron chi connectivity index (χ0n) is 15.3. The summed E-state index contributed by atoms with van der Waals surface area (Å²) in [6.45, 7) is 4.11. The van der Waals surface area contributed by atoms with Crippen molar-refractivity contribution < 1.29 is 14.5 Å². The summed E-state index contributed by atoms with van der Waals surface area (Å²) in [7, 11) is 1.84. The van der Waals surface area contributed by atoms with Gasteiger partial charge in [-0.25, -0.2) is 0 Å². The van der Waals surface area contributed by atoms with Crippen molar-refractivity contribution >= 4 is 39.1 Å². The lowest BCUT2D eigenvalue weighted by atomic mass is 10.1. The second kappa shape index (κ2) is 9.50. The Bertz CT molecular complexity index is 762. The van der Waals surface area contributed by atoms with E-state index in [-0.39, 0.29) is 24.4 Å². The molecule has 2 rings (SSSR count). The molecule has 0 aromatic heterocycles. The Morgan fingerprint density at radius 1 is 1.08 bits per heavy atom. The molecule has 2 atom stereocenters. The van der Waals surface area contributed by atoms with Crippen molar-refractivity contribution in [2.45, 2.75) is 26.3 Å². The van der Waals surface area contributed by atoms with Gasteiger partial charge in [0, 0.05) is 10.2 Å². The van der Waals surface area contributed by atoms with E-state index in [0.29, 0.717) is 0 Å². The molecule has 0 aliphatic rings. The molecule has 138 valence electrons. The minimum Gasteiger partial charge on any atom is -0.321 e. The van der Waals surface area contributed by atoms with Crippen molar-refractivity contribution in [3.63, 3.8) is 0 Å². The van der Waals surface area contributed by atoms with E-state index in [4.69, 9.17) is 0 Å². The van der Waals surface area contributed by atoms with E-state index < -0.39 is 0 Å². The van der Waals surface area contributed by atoms with Gasteiger partial charge in [-0.2, -0.15) is 0 Å². The highest BCUT2D eigenvalue weighted by molar-refractivity contribution is 9.10. The zero-order valence-corrected chi connectivity index (χ0v) is 16.9. The van der Waals surface area contributed by atoms with Crippen LogP contribution in [0.25, 0.3) is 0 Å². The van der Waals surface area contributed by atoms with Crippen LogP contribution in [0.4, 0.5) is 11.4 Å². The molecule has 0 bridgehead atoms. The quantitative estimate of drug-likeness (QED) is 0.646. The molecular formula is C20H25BrN3O2+. The van der Waals surface area contributed by atoms with Crippen molar-refractivity contribution in [3.05, 3.63) is 58.6 Å². The number of aryl methyl sites for hydroxylation is 1. The van der Waals surface area contributed by atoms with Gasteiger partial charge >= 0.3 is 0 Å². The smallest absolute Gasteiger partial charge is 0.282 e. The largest absolute Gasteiger partial charge is 0.321 e. The van der Waals surface area contributed by atoms with E-state index in [9.17, 15) is 9.59 Å². The van der Waals surface area contributed by atoms with Crippen LogP contribution in [-0.4, -0.2) is 31.4 Å². The average Bonchev–Trinajstić information content (AvgIpc) is 2.63. The van der Waals surface area contributed by atoms with Crippen LogP contribution in [0.15, 0.2) is 53.0 Å². The van der Waals surface area contributed by atoms with Crippen molar-refractivity contribution in [1.29, 1.82) is 0 Å². The molecule has 0 radical (unpaired) electrons. The van der Waals surface area contributed by atoms with Gasteiger partial charge in [-0.05, 0) is 59.1 Å². The maximum absolute atomic E-state index is 12.4. The van der Waals surface area contributed by atoms with Crippen LogP contribution in [-0.2, 0) is 16.0 Å². The summed E-state index contributed by atoms with van der Waals surface area (Å²) >= 11 is 3.40. The summed E-state index contributed by atoms with van der Waals surface area (Å²) < 4.78 is 0.826. The van der Waals surface area contributed by atoms with E-state index in [1.165, 1.54) is 5.56 Å². The Labute approximate surface area is 162 Å². The Morgan fingerprint density at radius 2 is 1.73 bits per heavy atom. The number of carbonyl (C=O) groups excluding carboxylic acids is 2.